The highest BCUT2D eigenvalue weighted by Crippen LogP contribution is 2.26. The second-order valence-corrected chi connectivity index (χ2v) is 6.21. The zero-order valence-electron chi connectivity index (χ0n) is 13.1. The van der Waals surface area contributed by atoms with Crippen molar-refractivity contribution in [2.45, 2.75) is 52.0 Å². The van der Waals surface area contributed by atoms with Crippen LogP contribution in [0.4, 0.5) is 9.59 Å². The molecule has 3 rings (SSSR count). The van der Waals surface area contributed by atoms with E-state index in [1.165, 1.54) is 16.0 Å². The summed E-state index contributed by atoms with van der Waals surface area (Å²) in [7, 11) is 0. The number of amides is 4. The van der Waals surface area contributed by atoms with Crippen LogP contribution >= 0.6 is 0 Å². The van der Waals surface area contributed by atoms with Crippen molar-refractivity contribution in [2.24, 2.45) is 0 Å². The van der Waals surface area contributed by atoms with Gasteiger partial charge in [0.1, 0.15) is 0 Å². The molecule has 1 heterocycles. The summed E-state index contributed by atoms with van der Waals surface area (Å²) >= 11 is 0. The third kappa shape index (κ3) is 2.66. The quantitative estimate of drug-likeness (QED) is 0.795. The topological polar surface area (TPSA) is 73.5 Å². The summed E-state index contributed by atoms with van der Waals surface area (Å²) in [6.45, 7) is 5.63. The van der Waals surface area contributed by atoms with E-state index in [0.29, 0.717) is 0 Å². The van der Waals surface area contributed by atoms with Gasteiger partial charge in [-0.2, -0.15) is 0 Å². The molecule has 4 amide bonds. The van der Waals surface area contributed by atoms with Crippen LogP contribution in [0.1, 0.15) is 43.5 Å². The lowest BCUT2D eigenvalue weighted by atomic mass is 9.86. The molecule has 118 valence electrons. The fourth-order valence-corrected chi connectivity index (χ4v) is 2.90. The van der Waals surface area contributed by atoms with Crippen molar-refractivity contribution in [3.8, 4) is 0 Å². The summed E-state index contributed by atoms with van der Waals surface area (Å²) in [6, 6.07) is 5.56. The molecular weight excluding hydrogens is 280 g/mol. The highest BCUT2D eigenvalue weighted by atomic mass is 16.2. The average Bonchev–Trinajstić information content (AvgIpc) is 2.38. The number of carbonyl (C=O) groups is 2. The third-order valence-corrected chi connectivity index (χ3v) is 4.30. The lowest BCUT2D eigenvalue weighted by Gasteiger charge is -2.36. The molecule has 22 heavy (non-hydrogen) atoms. The Hall–Kier alpha value is -2.08. The minimum atomic E-state index is -0.559. The standard InChI is InChI=1S/C16H22N4O2/c1-9(2)20-15(21)18-14(19-16(20)22)17-10(3)12-6-4-11-5-7-13(11)8-12/h4,6,8-10,14,17H,5,7H2,1-3H3,(H,18,21)(H,19,22)/t10-/m0/s1. The predicted octanol–water partition coefficient (Wildman–Crippen LogP) is 1.86. The molecule has 3 N–H and O–H groups in total. The van der Waals surface area contributed by atoms with Gasteiger partial charge in [-0.3, -0.25) is 5.32 Å². The SMILES string of the molecule is CC(C)N1C(=O)NC(N[C@@H](C)c2ccc3c(c2)CC3)NC1=O. The Labute approximate surface area is 130 Å². The van der Waals surface area contributed by atoms with Crippen LogP contribution in [0.25, 0.3) is 0 Å². The van der Waals surface area contributed by atoms with Gasteiger partial charge in [-0.15, -0.1) is 0 Å². The minimum Gasteiger partial charge on any atom is -0.304 e. The van der Waals surface area contributed by atoms with E-state index in [1.807, 2.05) is 6.92 Å². The van der Waals surface area contributed by atoms with E-state index in [1.54, 1.807) is 13.8 Å². The van der Waals surface area contributed by atoms with Gasteiger partial charge in [-0.1, -0.05) is 18.2 Å². The van der Waals surface area contributed by atoms with Crippen molar-refractivity contribution in [2.75, 3.05) is 0 Å². The van der Waals surface area contributed by atoms with Crippen LogP contribution in [-0.2, 0) is 12.8 Å². The number of urea groups is 2. The third-order valence-electron chi connectivity index (χ3n) is 4.30. The van der Waals surface area contributed by atoms with Gasteiger partial charge < -0.3 is 10.6 Å². The molecule has 0 radical (unpaired) electrons. The molecule has 0 bridgehead atoms. The molecule has 1 atom stereocenters. The number of imide groups is 1. The first-order valence-corrected chi connectivity index (χ1v) is 7.73. The maximum Gasteiger partial charge on any atom is 0.328 e. The summed E-state index contributed by atoms with van der Waals surface area (Å²) in [6.07, 6.45) is 1.74. The van der Waals surface area contributed by atoms with Crippen LogP contribution in [0, 0.1) is 0 Å². The molecule has 6 nitrogen and oxygen atoms in total. The molecule has 1 aliphatic heterocycles. The number of aryl methyl sites for hydroxylation is 2. The Bertz CT molecular complexity index is 596. The van der Waals surface area contributed by atoms with E-state index < -0.39 is 6.29 Å². The van der Waals surface area contributed by atoms with Crippen LogP contribution in [0.2, 0.25) is 0 Å². The molecule has 1 aliphatic carbocycles. The van der Waals surface area contributed by atoms with Gasteiger partial charge >= 0.3 is 12.1 Å². The highest BCUT2D eigenvalue weighted by Gasteiger charge is 2.33. The fourth-order valence-electron chi connectivity index (χ4n) is 2.90. The van der Waals surface area contributed by atoms with Crippen LogP contribution < -0.4 is 16.0 Å². The van der Waals surface area contributed by atoms with Crippen LogP contribution in [0.15, 0.2) is 18.2 Å². The molecule has 0 spiro atoms. The molecule has 6 heteroatoms. The molecule has 0 unspecified atom stereocenters. The molecule has 0 aromatic heterocycles. The number of fused-ring (bicyclic) bond motifs is 1. The van der Waals surface area contributed by atoms with E-state index in [9.17, 15) is 9.59 Å². The molecule has 1 aromatic rings. The first-order valence-electron chi connectivity index (χ1n) is 7.73. The molecule has 1 saturated heterocycles. The van der Waals surface area contributed by atoms with Crippen LogP contribution in [0.5, 0.6) is 0 Å². The van der Waals surface area contributed by atoms with Gasteiger partial charge in [0.05, 0.1) is 0 Å². The number of benzene rings is 1. The fraction of sp³-hybridized carbons (Fsp3) is 0.500. The van der Waals surface area contributed by atoms with Gasteiger partial charge in [-0.25, -0.2) is 14.5 Å². The minimum absolute atomic E-state index is 0.0297. The zero-order chi connectivity index (χ0) is 15.9. The summed E-state index contributed by atoms with van der Waals surface area (Å²) in [5, 5.41) is 8.76. The van der Waals surface area contributed by atoms with Crippen molar-refractivity contribution in [1.82, 2.24) is 20.9 Å². The molecule has 0 saturated carbocycles. The summed E-state index contributed by atoms with van der Waals surface area (Å²) < 4.78 is 0. The smallest absolute Gasteiger partial charge is 0.304 e. The summed E-state index contributed by atoms with van der Waals surface area (Å²) in [5.41, 5.74) is 3.98. The summed E-state index contributed by atoms with van der Waals surface area (Å²) in [4.78, 5) is 25.2. The number of hydrogen-bond acceptors (Lipinski definition) is 3. The van der Waals surface area contributed by atoms with Crippen molar-refractivity contribution >= 4 is 12.1 Å². The monoisotopic (exact) mass is 302 g/mol. The molecular formula is C16H22N4O2. The van der Waals surface area contributed by atoms with Gasteiger partial charge in [0, 0.05) is 12.1 Å². The second kappa shape index (κ2) is 5.61. The Morgan fingerprint density at radius 2 is 1.73 bits per heavy atom. The van der Waals surface area contributed by atoms with Crippen molar-refractivity contribution in [3.05, 3.63) is 34.9 Å². The van der Waals surface area contributed by atoms with Gasteiger partial charge in [0.15, 0.2) is 6.29 Å². The lowest BCUT2D eigenvalue weighted by Crippen LogP contribution is -2.69. The summed E-state index contributed by atoms with van der Waals surface area (Å²) in [5.74, 6) is 0. The van der Waals surface area contributed by atoms with Crippen molar-refractivity contribution in [1.29, 1.82) is 0 Å². The zero-order valence-corrected chi connectivity index (χ0v) is 13.1. The largest absolute Gasteiger partial charge is 0.328 e. The Balaban J connectivity index is 1.64. The van der Waals surface area contributed by atoms with E-state index >= 15 is 0 Å². The van der Waals surface area contributed by atoms with E-state index in [4.69, 9.17) is 0 Å². The Morgan fingerprint density at radius 1 is 1.09 bits per heavy atom. The molecule has 2 aliphatic rings. The predicted molar refractivity (Wildman–Crippen MR) is 83.2 cm³/mol. The Morgan fingerprint density at radius 3 is 2.23 bits per heavy atom. The van der Waals surface area contributed by atoms with Gasteiger partial charge in [0.25, 0.3) is 0 Å². The van der Waals surface area contributed by atoms with E-state index in [-0.39, 0.29) is 24.1 Å². The van der Waals surface area contributed by atoms with Crippen molar-refractivity contribution in [3.63, 3.8) is 0 Å². The number of rotatable bonds is 4. The number of nitrogens with one attached hydrogen (secondary N) is 3. The first kappa shape index (κ1) is 14.8. The maximum atomic E-state index is 12.0. The van der Waals surface area contributed by atoms with Crippen molar-refractivity contribution < 1.29 is 9.59 Å². The molecule has 1 fully saturated rings. The van der Waals surface area contributed by atoms with E-state index in [2.05, 4.69) is 34.1 Å². The normalized spacial score (nSPS) is 19.4. The first-order chi connectivity index (χ1) is 10.5. The highest BCUT2D eigenvalue weighted by molar-refractivity contribution is 5.96. The maximum absolute atomic E-state index is 12.0. The van der Waals surface area contributed by atoms with Gasteiger partial charge in [-0.05, 0) is 50.3 Å². The number of nitrogens with zero attached hydrogens (tertiary/aromatic N) is 1. The second-order valence-electron chi connectivity index (χ2n) is 6.21. The Kier molecular flexibility index (Phi) is 3.78. The van der Waals surface area contributed by atoms with E-state index in [0.717, 1.165) is 18.4 Å². The van der Waals surface area contributed by atoms with Crippen LogP contribution in [-0.4, -0.2) is 29.3 Å². The number of carbonyl (C=O) groups excluding carboxylic acids is 2. The molecule has 1 aromatic carbocycles. The average molecular weight is 302 g/mol. The van der Waals surface area contributed by atoms with Crippen LogP contribution in [0.3, 0.4) is 0 Å². The van der Waals surface area contributed by atoms with Gasteiger partial charge in [0.2, 0.25) is 0 Å². The number of hydrogen-bond donors (Lipinski definition) is 3. The lowest BCUT2D eigenvalue weighted by molar-refractivity contribution is 0.146.